The summed E-state index contributed by atoms with van der Waals surface area (Å²) in [6.45, 7) is 10.1. The number of hydrogen-bond acceptors (Lipinski definition) is 9. The molecule has 3 fully saturated rings. The van der Waals surface area contributed by atoms with Crippen molar-refractivity contribution in [3.05, 3.63) is 107 Å². The summed E-state index contributed by atoms with van der Waals surface area (Å²) in [6.07, 6.45) is 6.70. The Labute approximate surface area is 331 Å². The van der Waals surface area contributed by atoms with Crippen LogP contribution in [0.4, 0.5) is 11.4 Å². The monoisotopic (exact) mass is 768 g/mol. The Kier molecular flexibility index (Phi) is 10.1. The number of amides is 4. The van der Waals surface area contributed by atoms with E-state index in [1.54, 1.807) is 12.3 Å². The number of carbonyl (C=O) groups is 4. The molecular weight excluding hydrogens is 721 g/mol. The number of fused-ring (bicyclic) bond motifs is 3. The highest BCUT2D eigenvalue weighted by molar-refractivity contribution is 6.05. The van der Waals surface area contributed by atoms with Crippen LogP contribution in [0, 0.1) is 0 Å². The van der Waals surface area contributed by atoms with Gasteiger partial charge in [-0.2, -0.15) is 5.10 Å². The molecule has 9 rings (SSSR count). The minimum atomic E-state index is -0.333. The van der Waals surface area contributed by atoms with E-state index >= 15 is 0 Å². The lowest BCUT2D eigenvalue weighted by Crippen LogP contribution is -2.53. The smallest absolute Gasteiger partial charge is 0.274 e. The number of anilines is 2. The van der Waals surface area contributed by atoms with Gasteiger partial charge in [0, 0.05) is 82.1 Å². The summed E-state index contributed by atoms with van der Waals surface area (Å²) in [4.78, 5) is 62.1. The van der Waals surface area contributed by atoms with Crippen molar-refractivity contribution in [2.24, 2.45) is 0 Å². The van der Waals surface area contributed by atoms with E-state index in [1.807, 2.05) is 52.7 Å². The molecule has 5 aromatic rings. The van der Waals surface area contributed by atoms with Gasteiger partial charge in [-0.25, -0.2) is 4.98 Å². The van der Waals surface area contributed by atoms with Gasteiger partial charge in [0.25, 0.3) is 11.8 Å². The summed E-state index contributed by atoms with van der Waals surface area (Å²) in [5, 5.41) is 13.6. The third-order valence-corrected chi connectivity index (χ3v) is 12.1. The summed E-state index contributed by atoms with van der Waals surface area (Å²) in [6, 6.07) is 22.8. The Bertz CT molecular complexity index is 2320. The van der Waals surface area contributed by atoms with Crippen molar-refractivity contribution < 1.29 is 19.2 Å². The number of piperidine rings is 2. The van der Waals surface area contributed by atoms with Crippen LogP contribution >= 0.6 is 0 Å². The zero-order valence-corrected chi connectivity index (χ0v) is 32.2. The molecule has 4 aliphatic rings. The molecule has 4 aliphatic heterocycles. The second kappa shape index (κ2) is 15.6. The van der Waals surface area contributed by atoms with Gasteiger partial charge in [0.2, 0.25) is 11.8 Å². The van der Waals surface area contributed by atoms with Crippen LogP contribution in [0.5, 0.6) is 0 Å². The van der Waals surface area contributed by atoms with E-state index < -0.39 is 0 Å². The number of hydrogen-bond donors (Lipinski definition) is 3. The predicted octanol–water partition coefficient (Wildman–Crippen LogP) is 4.14. The SMILES string of the molecule is C[C@@H]1CNC(=O)c2cc3ccc(C(=O)Nc4cnn(Cc5ccc(N6CCC(N7CCN(Cc8ccccc8C8CCC(=O)NC8=O)CC7)CC6)cc5)c4)nc3n21. The number of imide groups is 1. The maximum absolute atomic E-state index is 13.2. The molecule has 4 amide bonds. The lowest BCUT2D eigenvalue weighted by Gasteiger charge is -2.43. The van der Waals surface area contributed by atoms with E-state index in [0.717, 1.165) is 75.2 Å². The third-order valence-electron chi connectivity index (χ3n) is 12.1. The largest absolute Gasteiger partial charge is 0.371 e. The minimum Gasteiger partial charge on any atom is -0.371 e. The first-order valence-corrected chi connectivity index (χ1v) is 20.1. The Morgan fingerprint density at radius 3 is 2.47 bits per heavy atom. The van der Waals surface area contributed by atoms with Crippen LogP contribution in [0.1, 0.15) is 82.2 Å². The Morgan fingerprint density at radius 2 is 1.68 bits per heavy atom. The van der Waals surface area contributed by atoms with Gasteiger partial charge in [0.15, 0.2) is 0 Å². The summed E-state index contributed by atoms with van der Waals surface area (Å²) < 4.78 is 3.71. The second-order valence-electron chi connectivity index (χ2n) is 15.8. The number of nitrogens with one attached hydrogen (secondary N) is 3. The van der Waals surface area contributed by atoms with E-state index in [9.17, 15) is 19.2 Å². The summed E-state index contributed by atoms with van der Waals surface area (Å²) in [7, 11) is 0. The number of benzene rings is 2. The molecule has 3 N–H and O–H groups in total. The molecule has 0 bridgehead atoms. The number of rotatable bonds is 9. The van der Waals surface area contributed by atoms with Gasteiger partial charge in [0.05, 0.1) is 30.4 Å². The maximum Gasteiger partial charge on any atom is 0.274 e. The fourth-order valence-corrected chi connectivity index (χ4v) is 9.00. The number of nitrogens with zero attached hydrogens (tertiary/aromatic N) is 7. The molecule has 2 atom stereocenters. The molecule has 0 aliphatic carbocycles. The summed E-state index contributed by atoms with van der Waals surface area (Å²) in [5.41, 5.74) is 6.63. The molecule has 2 aromatic carbocycles. The van der Waals surface area contributed by atoms with E-state index in [0.29, 0.717) is 49.0 Å². The molecule has 3 saturated heterocycles. The first kappa shape index (κ1) is 36.8. The van der Waals surface area contributed by atoms with Gasteiger partial charge in [-0.1, -0.05) is 36.4 Å². The molecule has 1 unspecified atom stereocenters. The second-order valence-corrected chi connectivity index (χ2v) is 15.8. The lowest BCUT2D eigenvalue weighted by atomic mass is 9.87. The standard InChI is InChI=1S/C43H48N10O4/c1-28-23-44-43(57)38-22-30-8-12-37(47-40(30)53(28)38)42(56)46-32-24-45-52(27-32)25-29-6-9-33(10-7-29)50-16-14-34(15-17-50)51-20-18-49(19-21-51)26-31-4-2-3-5-35(31)36-11-13-39(54)48-41(36)55/h2-10,12,22,24,27-28,34,36H,11,13-21,23,25-26H2,1H3,(H,44,57)(H,46,56)(H,48,54,55)/t28-,36?/m1/s1. The van der Waals surface area contributed by atoms with Crippen molar-refractivity contribution in [2.75, 3.05) is 56.0 Å². The van der Waals surface area contributed by atoms with E-state index in [1.165, 1.54) is 11.3 Å². The molecule has 14 nitrogen and oxygen atoms in total. The fraction of sp³-hybridized carbons (Fsp3) is 0.395. The van der Waals surface area contributed by atoms with Crippen molar-refractivity contribution in [3.8, 4) is 0 Å². The molecule has 0 spiro atoms. The number of aromatic nitrogens is 4. The van der Waals surface area contributed by atoms with Crippen molar-refractivity contribution in [1.82, 2.24) is 39.8 Å². The van der Waals surface area contributed by atoms with Gasteiger partial charge in [-0.05, 0) is 73.2 Å². The molecule has 7 heterocycles. The molecule has 57 heavy (non-hydrogen) atoms. The van der Waals surface area contributed by atoms with Gasteiger partial charge >= 0.3 is 0 Å². The highest BCUT2D eigenvalue weighted by Gasteiger charge is 2.32. The van der Waals surface area contributed by atoms with Crippen LogP contribution in [0.3, 0.4) is 0 Å². The van der Waals surface area contributed by atoms with Gasteiger partial charge in [-0.3, -0.25) is 39.0 Å². The zero-order chi connectivity index (χ0) is 39.0. The van der Waals surface area contributed by atoms with Crippen molar-refractivity contribution in [1.29, 1.82) is 0 Å². The molecule has 294 valence electrons. The van der Waals surface area contributed by atoms with E-state index in [4.69, 9.17) is 0 Å². The highest BCUT2D eigenvalue weighted by Crippen LogP contribution is 2.30. The summed E-state index contributed by atoms with van der Waals surface area (Å²) in [5.74, 6) is -1.07. The first-order chi connectivity index (χ1) is 27.8. The van der Waals surface area contributed by atoms with Crippen molar-refractivity contribution in [2.45, 2.75) is 63.7 Å². The maximum atomic E-state index is 13.2. The fourth-order valence-electron chi connectivity index (χ4n) is 9.00. The number of pyridine rings is 1. The topological polar surface area (TPSA) is 150 Å². The Morgan fingerprint density at radius 1 is 0.895 bits per heavy atom. The highest BCUT2D eigenvalue weighted by atomic mass is 16.2. The lowest BCUT2D eigenvalue weighted by molar-refractivity contribution is -0.134. The number of piperazine rings is 1. The third kappa shape index (κ3) is 7.66. The van der Waals surface area contributed by atoms with Gasteiger partial charge in [0.1, 0.15) is 17.0 Å². The Balaban J connectivity index is 0.739. The average molecular weight is 769 g/mol. The van der Waals surface area contributed by atoms with Crippen molar-refractivity contribution in [3.63, 3.8) is 0 Å². The molecule has 0 saturated carbocycles. The van der Waals surface area contributed by atoms with E-state index in [2.05, 4.69) is 71.1 Å². The average Bonchev–Trinajstić information content (AvgIpc) is 3.85. The molecular formula is C43H48N10O4. The quantitative estimate of drug-likeness (QED) is 0.188. The molecule has 0 radical (unpaired) electrons. The van der Waals surface area contributed by atoms with Crippen LogP contribution in [0.15, 0.2) is 79.1 Å². The molecule has 3 aromatic heterocycles. The minimum absolute atomic E-state index is 0.0390. The number of carbonyl (C=O) groups excluding carboxylic acids is 4. The van der Waals surface area contributed by atoms with E-state index in [-0.39, 0.29) is 41.3 Å². The van der Waals surface area contributed by atoms with Crippen LogP contribution in [-0.4, -0.2) is 105 Å². The zero-order valence-electron chi connectivity index (χ0n) is 32.2. The normalized spacial score (nSPS) is 21.0. The summed E-state index contributed by atoms with van der Waals surface area (Å²) >= 11 is 0. The predicted molar refractivity (Wildman–Crippen MR) is 216 cm³/mol. The van der Waals surface area contributed by atoms with Crippen LogP contribution in [0.25, 0.3) is 11.0 Å². The van der Waals surface area contributed by atoms with Crippen molar-refractivity contribution >= 4 is 46.0 Å². The van der Waals surface area contributed by atoms with Gasteiger partial charge < -0.3 is 20.1 Å². The Hall–Kier alpha value is -5.86. The molecule has 14 heteroatoms. The van der Waals surface area contributed by atoms with Crippen LogP contribution in [-0.2, 0) is 22.7 Å². The first-order valence-electron chi connectivity index (χ1n) is 20.1. The van der Waals surface area contributed by atoms with Crippen LogP contribution in [0.2, 0.25) is 0 Å². The van der Waals surface area contributed by atoms with Gasteiger partial charge in [-0.15, -0.1) is 0 Å². The van der Waals surface area contributed by atoms with Crippen LogP contribution < -0.4 is 20.9 Å².